The van der Waals surface area contributed by atoms with Crippen molar-refractivity contribution in [3.8, 4) is 11.5 Å². The van der Waals surface area contributed by atoms with E-state index >= 15 is 0 Å². The summed E-state index contributed by atoms with van der Waals surface area (Å²) in [5.41, 5.74) is 0.713. The van der Waals surface area contributed by atoms with Gasteiger partial charge in [-0.25, -0.2) is 12.8 Å². The zero-order valence-corrected chi connectivity index (χ0v) is 22.8. The van der Waals surface area contributed by atoms with Gasteiger partial charge in [0, 0.05) is 24.7 Å². The van der Waals surface area contributed by atoms with E-state index in [9.17, 15) is 22.4 Å². The monoisotopic (exact) mass is 575 g/mol. The number of carbonyl (C=O) groups is 2. The number of amides is 2. The molecule has 9 nitrogen and oxygen atoms in total. The molecule has 0 aromatic heterocycles. The number of benzene rings is 3. The van der Waals surface area contributed by atoms with Crippen LogP contribution in [0.15, 0.2) is 71.6 Å². The number of hydrogen-bond donors (Lipinski definition) is 1. The molecule has 0 saturated carbocycles. The van der Waals surface area contributed by atoms with Gasteiger partial charge in [-0.05, 0) is 61.0 Å². The van der Waals surface area contributed by atoms with Gasteiger partial charge in [-0.15, -0.1) is 0 Å². The van der Waals surface area contributed by atoms with Crippen molar-refractivity contribution in [1.82, 2.24) is 10.2 Å². The number of likely N-dealkylation sites (N-methyl/N-ethyl adjacent to an activating group) is 1. The van der Waals surface area contributed by atoms with Gasteiger partial charge in [-0.1, -0.05) is 23.7 Å². The second kappa shape index (κ2) is 11.9. The van der Waals surface area contributed by atoms with Crippen molar-refractivity contribution < 1.29 is 31.9 Å². The maximum absolute atomic E-state index is 13.9. The van der Waals surface area contributed by atoms with Gasteiger partial charge < -0.3 is 19.7 Å². The Morgan fingerprint density at radius 1 is 1.03 bits per heavy atom. The topological polar surface area (TPSA) is 105 Å². The SMILES string of the molecule is CNC(=O)[C@@H](C)N(Cc1cccc(Cl)c1)C(=O)CN(c1ccc(F)cc1)S(=O)(=O)c1ccc2c(c1)OCCO2. The van der Waals surface area contributed by atoms with Gasteiger partial charge in [0.25, 0.3) is 10.0 Å². The van der Waals surface area contributed by atoms with Crippen molar-refractivity contribution in [1.29, 1.82) is 0 Å². The Bertz CT molecular complexity index is 1470. The van der Waals surface area contributed by atoms with Crippen LogP contribution in [0.1, 0.15) is 12.5 Å². The minimum absolute atomic E-state index is 0.00465. The van der Waals surface area contributed by atoms with E-state index in [0.29, 0.717) is 22.9 Å². The van der Waals surface area contributed by atoms with Crippen molar-refractivity contribution in [3.05, 3.63) is 83.1 Å². The molecule has 3 aromatic rings. The van der Waals surface area contributed by atoms with Crippen LogP contribution in [0.25, 0.3) is 0 Å². The molecular weight excluding hydrogens is 549 g/mol. The van der Waals surface area contributed by atoms with E-state index in [0.717, 1.165) is 16.4 Å². The summed E-state index contributed by atoms with van der Waals surface area (Å²) in [7, 11) is -2.91. The molecular formula is C27H27ClFN3O6S. The quantitative estimate of drug-likeness (QED) is 0.418. The van der Waals surface area contributed by atoms with Crippen molar-refractivity contribution in [3.63, 3.8) is 0 Å². The van der Waals surface area contributed by atoms with E-state index in [1.54, 1.807) is 31.2 Å². The predicted octanol–water partition coefficient (Wildman–Crippen LogP) is 3.61. The second-order valence-corrected chi connectivity index (χ2v) is 11.0. The number of sulfonamides is 1. The number of ether oxygens (including phenoxy) is 2. The molecule has 0 bridgehead atoms. The van der Waals surface area contributed by atoms with Crippen molar-refractivity contribution >= 4 is 39.1 Å². The molecule has 0 unspecified atom stereocenters. The Balaban J connectivity index is 1.72. The van der Waals surface area contributed by atoms with Crippen LogP contribution in [0.5, 0.6) is 11.5 Å². The first-order valence-corrected chi connectivity index (χ1v) is 13.9. The molecule has 1 aliphatic heterocycles. The van der Waals surface area contributed by atoms with E-state index < -0.39 is 40.2 Å². The molecule has 4 rings (SSSR count). The molecule has 39 heavy (non-hydrogen) atoms. The highest BCUT2D eigenvalue weighted by atomic mass is 35.5. The molecule has 206 valence electrons. The van der Waals surface area contributed by atoms with E-state index in [-0.39, 0.29) is 29.5 Å². The summed E-state index contributed by atoms with van der Waals surface area (Å²) in [5, 5.41) is 2.96. The number of carbonyl (C=O) groups excluding carboxylic acids is 2. The first-order chi connectivity index (χ1) is 18.6. The number of anilines is 1. The molecule has 2 amide bonds. The van der Waals surface area contributed by atoms with Gasteiger partial charge in [-0.2, -0.15) is 0 Å². The number of hydrogen-bond acceptors (Lipinski definition) is 6. The fourth-order valence-corrected chi connectivity index (χ4v) is 5.71. The third-order valence-electron chi connectivity index (χ3n) is 6.15. The van der Waals surface area contributed by atoms with Crippen LogP contribution in [-0.4, -0.2) is 58.0 Å². The van der Waals surface area contributed by atoms with Crippen LogP contribution in [-0.2, 0) is 26.2 Å². The van der Waals surface area contributed by atoms with Gasteiger partial charge in [0.15, 0.2) is 11.5 Å². The van der Waals surface area contributed by atoms with Crippen LogP contribution < -0.4 is 19.1 Å². The molecule has 0 saturated heterocycles. The standard InChI is InChI=1S/C27H27ClFN3O6S/c1-18(27(34)30-2)31(16-19-4-3-5-20(28)14-19)26(33)17-32(22-8-6-21(29)7-9-22)39(35,36)23-10-11-24-25(15-23)38-13-12-37-24/h3-11,14-15,18H,12-13,16-17H2,1-2H3,(H,30,34)/t18-/m1/s1. The molecule has 0 fully saturated rings. The summed E-state index contributed by atoms with van der Waals surface area (Å²) in [6, 6.07) is 14.7. The fourth-order valence-electron chi connectivity index (χ4n) is 4.07. The largest absolute Gasteiger partial charge is 0.486 e. The molecule has 3 aromatic carbocycles. The predicted molar refractivity (Wildman–Crippen MR) is 144 cm³/mol. The summed E-state index contributed by atoms with van der Waals surface area (Å²) in [6.45, 7) is 1.46. The maximum Gasteiger partial charge on any atom is 0.264 e. The Morgan fingerprint density at radius 3 is 2.38 bits per heavy atom. The number of halogens is 2. The summed E-state index contributed by atoms with van der Waals surface area (Å²) in [6.07, 6.45) is 0. The van der Waals surface area contributed by atoms with Crippen molar-refractivity contribution in [2.75, 3.05) is 31.1 Å². The molecule has 12 heteroatoms. The van der Waals surface area contributed by atoms with Gasteiger partial charge >= 0.3 is 0 Å². The lowest BCUT2D eigenvalue weighted by Crippen LogP contribution is -2.50. The van der Waals surface area contributed by atoms with Gasteiger partial charge in [0.05, 0.1) is 10.6 Å². The van der Waals surface area contributed by atoms with E-state index in [1.165, 1.54) is 42.3 Å². The summed E-state index contributed by atoms with van der Waals surface area (Å²) in [4.78, 5) is 27.4. The third-order valence-corrected chi connectivity index (χ3v) is 8.16. The average Bonchev–Trinajstić information content (AvgIpc) is 2.94. The Labute approximate surface area is 231 Å². The van der Waals surface area contributed by atoms with E-state index in [2.05, 4.69) is 5.32 Å². The van der Waals surface area contributed by atoms with E-state index in [1.807, 2.05) is 0 Å². The smallest absolute Gasteiger partial charge is 0.264 e. The number of nitrogens with one attached hydrogen (secondary N) is 1. The summed E-state index contributed by atoms with van der Waals surface area (Å²) < 4.78 is 53.4. The lowest BCUT2D eigenvalue weighted by Gasteiger charge is -2.32. The lowest BCUT2D eigenvalue weighted by atomic mass is 10.1. The summed E-state index contributed by atoms with van der Waals surface area (Å²) in [5.74, 6) is -1.01. The van der Waals surface area contributed by atoms with Gasteiger partial charge in [-0.3, -0.25) is 13.9 Å². The Morgan fingerprint density at radius 2 is 1.72 bits per heavy atom. The van der Waals surface area contributed by atoms with Gasteiger partial charge in [0.2, 0.25) is 11.8 Å². The number of fused-ring (bicyclic) bond motifs is 1. The zero-order chi connectivity index (χ0) is 28.2. The molecule has 0 aliphatic carbocycles. The zero-order valence-electron chi connectivity index (χ0n) is 21.3. The number of nitrogens with zero attached hydrogens (tertiary/aromatic N) is 2. The first-order valence-electron chi connectivity index (χ1n) is 12.0. The molecule has 0 spiro atoms. The average molecular weight is 576 g/mol. The van der Waals surface area contributed by atoms with Crippen molar-refractivity contribution in [2.24, 2.45) is 0 Å². The first kappa shape index (κ1) is 28.2. The summed E-state index contributed by atoms with van der Waals surface area (Å²) >= 11 is 6.11. The highest BCUT2D eigenvalue weighted by Crippen LogP contribution is 2.34. The van der Waals surface area contributed by atoms with Crippen LogP contribution >= 0.6 is 11.6 Å². The third kappa shape index (κ3) is 6.43. The minimum atomic E-state index is -4.35. The fraction of sp³-hybridized carbons (Fsp3) is 0.259. The van der Waals surface area contributed by atoms with Crippen LogP contribution in [0.2, 0.25) is 5.02 Å². The van der Waals surface area contributed by atoms with Gasteiger partial charge in [0.1, 0.15) is 31.6 Å². The Kier molecular flexibility index (Phi) is 8.61. The molecule has 0 radical (unpaired) electrons. The number of rotatable bonds is 9. The second-order valence-electron chi connectivity index (χ2n) is 8.74. The van der Waals surface area contributed by atoms with Crippen LogP contribution in [0, 0.1) is 5.82 Å². The molecule has 1 atom stereocenters. The molecule has 1 aliphatic rings. The normalized spacial score (nSPS) is 13.3. The van der Waals surface area contributed by atoms with Crippen LogP contribution in [0.3, 0.4) is 0 Å². The molecule has 1 heterocycles. The molecule has 1 N–H and O–H groups in total. The minimum Gasteiger partial charge on any atom is -0.486 e. The van der Waals surface area contributed by atoms with Crippen LogP contribution in [0.4, 0.5) is 10.1 Å². The van der Waals surface area contributed by atoms with Crippen molar-refractivity contribution in [2.45, 2.75) is 24.4 Å². The lowest BCUT2D eigenvalue weighted by molar-refractivity contribution is -0.139. The highest BCUT2D eigenvalue weighted by Gasteiger charge is 2.33. The maximum atomic E-state index is 13.9. The van der Waals surface area contributed by atoms with E-state index in [4.69, 9.17) is 21.1 Å². The Hall–Kier alpha value is -3.83. The highest BCUT2D eigenvalue weighted by molar-refractivity contribution is 7.92.